The molecule has 2 heteroatoms. The fourth-order valence-corrected chi connectivity index (χ4v) is 3.71. The molecular weight excluding hydrogens is 270 g/mol. The Morgan fingerprint density at radius 3 is 1.77 bits per heavy atom. The number of hydrogen-bond acceptors (Lipinski definition) is 2. The minimum atomic E-state index is 0.137. The first-order chi connectivity index (χ1) is 10.8. The molecule has 1 saturated heterocycles. The van der Waals surface area contributed by atoms with Gasteiger partial charge >= 0.3 is 0 Å². The summed E-state index contributed by atoms with van der Waals surface area (Å²) in [5, 5.41) is 9.03. The molecule has 22 heavy (non-hydrogen) atoms. The average Bonchev–Trinajstić information content (AvgIpc) is 2.62. The Balaban J connectivity index is 1.87. The van der Waals surface area contributed by atoms with Gasteiger partial charge in [-0.3, -0.25) is 0 Å². The van der Waals surface area contributed by atoms with E-state index in [1.54, 1.807) is 0 Å². The van der Waals surface area contributed by atoms with Crippen LogP contribution in [0.4, 0.5) is 0 Å². The first-order valence-corrected chi connectivity index (χ1v) is 8.29. The highest BCUT2D eigenvalue weighted by Crippen LogP contribution is 2.41. The van der Waals surface area contributed by atoms with Crippen molar-refractivity contribution >= 4 is 0 Å². The lowest BCUT2D eigenvalue weighted by atomic mass is 9.68. The number of aliphatic hydroxyl groups is 1. The van der Waals surface area contributed by atoms with Crippen molar-refractivity contribution in [3.8, 4) is 0 Å². The van der Waals surface area contributed by atoms with Crippen LogP contribution in [-0.4, -0.2) is 36.2 Å². The first-order valence-electron chi connectivity index (χ1n) is 8.29. The quantitative estimate of drug-likeness (QED) is 0.913. The number of hydrogen-bond donors (Lipinski definition) is 1. The summed E-state index contributed by atoms with van der Waals surface area (Å²) in [4.78, 5) is 2.49. The summed E-state index contributed by atoms with van der Waals surface area (Å²) in [6.45, 7) is 3.50. The molecule has 2 aromatic rings. The van der Waals surface area contributed by atoms with Gasteiger partial charge in [-0.15, -0.1) is 0 Å². The second kappa shape index (κ2) is 7.08. The summed E-state index contributed by atoms with van der Waals surface area (Å²) in [5.74, 6) is 0. The largest absolute Gasteiger partial charge is 0.396 e. The minimum Gasteiger partial charge on any atom is -0.396 e. The monoisotopic (exact) mass is 295 g/mol. The molecule has 1 N–H and O–H groups in total. The minimum absolute atomic E-state index is 0.137. The Kier molecular flexibility index (Phi) is 4.91. The fraction of sp³-hybridized carbons (Fsp3) is 0.400. The van der Waals surface area contributed by atoms with Crippen molar-refractivity contribution in [1.82, 2.24) is 4.90 Å². The zero-order valence-corrected chi connectivity index (χ0v) is 13.1. The van der Waals surface area contributed by atoms with E-state index in [1.807, 2.05) is 0 Å². The molecule has 0 aromatic heterocycles. The number of aliphatic hydroxyl groups excluding tert-OH is 1. The topological polar surface area (TPSA) is 23.5 Å². The molecule has 1 aliphatic heterocycles. The fourth-order valence-electron chi connectivity index (χ4n) is 3.71. The molecule has 2 aromatic carbocycles. The van der Waals surface area contributed by atoms with Crippen LogP contribution in [0.3, 0.4) is 0 Å². The Bertz CT molecular complexity index is 517. The highest BCUT2D eigenvalue weighted by molar-refractivity contribution is 5.40. The van der Waals surface area contributed by atoms with Crippen LogP contribution in [0.15, 0.2) is 60.7 Å². The molecular formula is C20H25NO. The van der Waals surface area contributed by atoms with E-state index in [2.05, 4.69) is 65.6 Å². The summed E-state index contributed by atoms with van der Waals surface area (Å²) < 4.78 is 0. The van der Waals surface area contributed by atoms with Gasteiger partial charge in [0.1, 0.15) is 0 Å². The molecule has 116 valence electrons. The van der Waals surface area contributed by atoms with Crippen molar-refractivity contribution in [2.45, 2.75) is 24.7 Å². The second-order valence-electron chi connectivity index (χ2n) is 6.23. The normalized spacial score (nSPS) is 18.2. The van der Waals surface area contributed by atoms with Gasteiger partial charge in [0.25, 0.3) is 0 Å². The molecule has 0 unspecified atom stereocenters. The molecule has 3 rings (SSSR count). The van der Waals surface area contributed by atoms with Crippen LogP contribution in [0.5, 0.6) is 0 Å². The predicted octanol–water partition coefficient (Wildman–Crippen LogP) is 3.45. The molecule has 1 fully saturated rings. The number of nitrogens with zero attached hydrogens (tertiary/aromatic N) is 1. The van der Waals surface area contributed by atoms with Crippen LogP contribution in [0.1, 0.15) is 30.4 Å². The van der Waals surface area contributed by atoms with Crippen LogP contribution in [0, 0.1) is 0 Å². The summed E-state index contributed by atoms with van der Waals surface area (Å²) >= 11 is 0. The van der Waals surface area contributed by atoms with E-state index in [9.17, 15) is 0 Å². The van der Waals surface area contributed by atoms with Crippen molar-refractivity contribution < 1.29 is 5.11 Å². The molecule has 2 nitrogen and oxygen atoms in total. The average molecular weight is 295 g/mol. The highest BCUT2D eigenvalue weighted by atomic mass is 16.3. The zero-order valence-electron chi connectivity index (χ0n) is 13.1. The molecule has 0 bridgehead atoms. The molecule has 0 aliphatic carbocycles. The van der Waals surface area contributed by atoms with Gasteiger partial charge in [0.15, 0.2) is 0 Å². The van der Waals surface area contributed by atoms with Gasteiger partial charge in [-0.1, -0.05) is 60.7 Å². The van der Waals surface area contributed by atoms with Gasteiger partial charge in [-0.05, 0) is 43.5 Å². The lowest BCUT2D eigenvalue weighted by Gasteiger charge is -2.43. The standard InChI is InChI=1S/C20H25NO/c22-17-7-14-21-15-12-20(13-16-21,18-8-3-1-4-9-18)19-10-5-2-6-11-19/h1-6,8-11,22H,7,12-17H2. The molecule has 1 heterocycles. The molecule has 1 aliphatic rings. The van der Waals surface area contributed by atoms with E-state index in [0.717, 1.165) is 38.9 Å². The number of piperidine rings is 1. The highest BCUT2D eigenvalue weighted by Gasteiger charge is 2.37. The van der Waals surface area contributed by atoms with Gasteiger partial charge in [0, 0.05) is 18.6 Å². The van der Waals surface area contributed by atoms with E-state index >= 15 is 0 Å². The van der Waals surface area contributed by atoms with Crippen molar-refractivity contribution in [1.29, 1.82) is 0 Å². The van der Waals surface area contributed by atoms with Gasteiger partial charge in [0.2, 0.25) is 0 Å². The maximum atomic E-state index is 9.03. The zero-order chi connectivity index (χ0) is 15.3. The summed E-state index contributed by atoms with van der Waals surface area (Å²) in [6, 6.07) is 21.9. The second-order valence-corrected chi connectivity index (χ2v) is 6.23. The molecule has 0 radical (unpaired) electrons. The van der Waals surface area contributed by atoms with Crippen LogP contribution in [0.2, 0.25) is 0 Å². The van der Waals surface area contributed by atoms with Crippen molar-refractivity contribution in [3.63, 3.8) is 0 Å². The molecule has 0 spiro atoms. The van der Waals surface area contributed by atoms with E-state index in [1.165, 1.54) is 11.1 Å². The molecule has 0 amide bonds. The van der Waals surface area contributed by atoms with E-state index < -0.39 is 0 Å². The van der Waals surface area contributed by atoms with Crippen LogP contribution in [-0.2, 0) is 5.41 Å². The Morgan fingerprint density at radius 2 is 1.32 bits per heavy atom. The van der Waals surface area contributed by atoms with Crippen molar-refractivity contribution in [3.05, 3.63) is 71.8 Å². The Labute approximate surface area is 133 Å². The first kappa shape index (κ1) is 15.3. The van der Waals surface area contributed by atoms with Crippen LogP contribution < -0.4 is 0 Å². The SMILES string of the molecule is OCCCN1CCC(c2ccccc2)(c2ccccc2)CC1. The van der Waals surface area contributed by atoms with E-state index in [0.29, 0.717) is 6.61 Å². The lowest BCUT2D eigenvalue weighted by molar-refractivity contribution is 0.163. The number of benzene rings is 2. The summed E-state index contributed by atoms with van der Waals surface area (Å²) in [6.07, 6.45) is 3.17. The van der Waals surface area contributed by atoms with Gasteiger partial charge in [-0.25, -0.2) is 0 Å². The Morgan fingerprint density at radius 1 is 0.818 bits per heavy atom. The van der Waals surface area contributed by atoms with E-state index in [-0.39, 0.29) is 5.41 Å². The Hall–Kier alpha value is -1.64. The van der Waals surface area contributed by atoms with Crippen LogP contribution >= 0.6 is 0 Å². The lowest BCUT2D eigenvalue weighted by Crippen LogP contribution is -2.43. The van der Waals surface area contributed by atoms with Crippen LogP contribution in [0.25, 0.3) is 0 Å². The van der Waals surface area contributed by atoms with E-state index in [4.69, 9.17) is 5.11 Å². The van der Waals surface area contributed by atoms with Crippen molar-refractivity contribution in [2.75, 3.05) is 26.2 Å². The van der Waals surface area contributed by atoms with Gasteiger partial charge < -0.3 is 10.0 Å². The smallest absolute Gasteiger partial charge is 0.0443 e. The third-order valence-electron chi connectivity index (χ3n) is 4.99. The van der Waals surface area contributed by atoms with Crippen molar-refractivity contribution in [2.24, 2.45) is 0 Å². The maximum absolute atomic E-state index is 9.03. The third-order valence-corrected chi connectivity index (χ3v) is 4.99. The number of likely N-dealkylation sites (tertiary alicyclic amines) is 1. The maximum Gasteiger partial charge on any atom is 0.0443 e. The third kappa shape index (κ3) is 3.08. The molecule has 0 saturated carbocycles. The van der Waals surface area contributed by atoms with Gasteiger partial charge in [0.05, 0.1) is 0 Å². The summed E-state index contributed by atoms with van der Waals surface area (Å²) in [5.41, 5.74) is 3.00. The predicted molar refractivity (Wildman–Crippen MR) is 91.0 cm³/mol. The van der Waals surface area contributed by atoms with Gasteiger partial charge in [-0.2, -0.15) is 0 Å². The molecule has 0 atom stereocenters. The number of rotatable bonds is 5. The summed E-state index contributed by atoms with van der Waals surface area (Å²) in [7, 11) is 0.